The molecule has 98 valence electrons. The van der Waals surface area contributed by atoms with Crippen molar-refractivity contribution in [2.24, 2.45) is 7.05 Å². The zero-order valence-electron chi connectivity index (χ0n) is 10.9. The number of aromatic nitrogens is 4. The molecule has 0 aliphatic heterocycles. The van der Waals surface area contributed by atoms with Crippen molar-refractivity contribution in [1.82, 2.24) is 24.6 Å². The summed E-state index contributed by atoms with van der Waals surface area (Å²) in [7, 11) is 1.91. The van der Waals surface area contributed by atoms with E-state index in [-0.39, 0.29) is 0 Å². The highest BCUT2D eigenvalue weighted by atomic mass is 35.5. The van der Waals surface area contributed by atoms with Crippen LogP contribution >= 0.6 is 11.6 Å². The van der Waals surface area contributed by atoms with E-state index in [1.165, 1.54) is 0 Å². The van der Waals surface area contributed by atoms with Crippen LogP contribution in [0.4, 0.5) is 0 Å². The molecule has 2 rings (SSSR count). The van der Waals surface area contributed by atoms with Gasteiger partial charge in [-0.3, -0.25) is 4.68 Å². The first-order valence-electron chi connectivity index (χ1n) is 6.01. The van der Waals surface area contributed by atoms with Crippen LogP contribution in [-0.4, -0.2) is 25.9 Å². The third-order valence-electron chi connectivity index (χ3n) is 2.84. The van der Waals surface area contributed by atoms with Crippen molar-refractivity contribution in [2.45, 2.75) is 26.9 Å². The highest BCUT2D eigenvalue weighted by Gasteiger charge is 2.11. The minimum atomic E-state index is 0.690. The number of imidazole rings is 1. The van der Waals surface area contributed by atoms with Gasteiger partial charge in [0.25, 0.3) is 0 Å². The average molecular weight is 268 g/mol. The van der Waals surface area contributed by atoms with Crippen molar-refractivity contribution in [3.8, 4) is 0 Å². The van der Waals surface area contributed by atoms with E-state index in [4.69, 9.17) is 11.6 Å². The van der Waals surface area contributed by atoms with Gasteiger partial charge in [0.2, 0.25) is 0 Å². The second kappa shape index (κ2) is 5.54. The van der Waals surface area contributed by atoms with Crippen LogP contribution in [0.25, 0.3) is 0 Å². The van der Waals surface area contributed by atoms with Gasteiger partial charge in [-0.05, 0) is 13.5 Å². The van der Waals surface area contributed by atoms with Crippen molar-refractivity contribution in [3.63, 3.8) is 0 Å². The van der Waals surface area contributed by atoms with E-state index in [2.05, 4.69) is 22.3 Å². The topological polar surface area (TPSA) is 47.7 Å². The summed E-state index contributed by atoms with van der Waals surface area (Å²) in [5.41, 5.74) is 2.90. The summed E-state index contributed by atoms with van der Waals surface area (Å²) in [5, 5.41) is 8.29. The predicted octanol–water partition coefficient (Wildman–Crippen LogP) is 1.74. The Kier molecular flexibility index (Phi) is 4.04. The van der Waals surface area contributed by atoms with Gasteiger partial charge in [0.15, 0.2) is 0 Å². The normalized spacial score (nSPS) is 11.1. The monoisotopic (exact) mass is 267 g/mol. The molecule has 0 aliphatic rings. The average Bonchev–Trinajstić information content (AvgIpc) is 2.88. The molecule has 0 radical (unpaired) electrons. The molecule has 2 aromatic rings. The predicted molar refractivity (Wildman–Crippen MR) is 71.7 cm³/mol. The largest absolute Gasteiger partial charge is 0.331 e. The second-order valence-corrected chi connectivity index (χ2v) is 4.67. The first-order chi connectivity index (χ1) is 8.61. The van der Waals surface area contributed by atoms with E-state index >= 15 is 0 Å². The molecule has 0 aromatic carbocycles. The van der Waals surface area contributed by atoms with Crippen LogP contribution in [0.5, 0.6) is 0 Å². The number of rotatable bonds is 5. The van der Waals surface area contributed by atoms with E-state index in [0.717, 1.165) is 35.2 Å². The van der Waals surface area contributed by atoms with Crippen molar-refractivity contribution in [3.05, 3.63) is 34.6 Å². The lowest BCUT2D eigenvalue weighted by molar-refractivity contribution is 0.661. The molecule has 1 N–H and O–H groups in total. The number of hydrogen-bond donors (Lipinski definition) is 1. The van der Waals surface area contributed by atoms with Gasteiger partial charge in [-0.2, -0.15) is 5.10 Å². The molecule has 0 fully saturated rings. The van der Waals surface area contributed by atoms with Gasteiger partial charge >= 0.3 is 0 Å². The van der Waals surface area contributed by atoms with Gasteiger partial charge in [-0.1, -0.05) is 18.5 Å². The standard InChI is InChI=1S/C12H18ClN5/c1-4-14-5-10-6-18(8-15-10)7-11-12(13)9(2)16-17(11)3/h6,8,14H,4-5,7H2,1-3H3. The fourth-order valence-electron chi connectivity index (χ4n) is 1.86. The van der Waals surface area contributed by atoms with Crippen LogP contribution < -0.4 is 5.32 Å². The summed E-state index contributed by atoms with van der Waals surface area (Å²) in [6.07, 6.45) is 3.85. The third-order valence-corrected chi connectivity index (χ3v) is 3.33. The molecule has 0 saturated carbocycles. The number of halogens is 1. The quantitative estimate of drug-likeness (QED) is 0.898. The van der Waals surface area contributed by atoms with Crippen molar-refractivity contribution in [2.75, 3.05) is 6.54 Å². The van der Waals surface area contributed by atoms with E-state index in [1.807, 2.05) is 35.7 Å². The molecule has 6 heteroatoms. The molecule has 18 heavy (non-hydrogen) atoms. The Morgan fingerprint density at radius 1 is 1.44 bits per heavy atom. The van der Waals surface area contributed by atoms with Gasteiger partial charge < -0.3 is 9.88 Å². The summed E-state index contributed by atoms with van der Waals surface area (Å²) >= 11 is 6.22. The molecule has 0 unspecified atom stereocenters. The maximum atomic E-state index is 6.22. The number of aryl methyl sites for hydroxylation is 2. The lowest BCUT2D eigenvalue weighted by Gasteiger charge is -2.03. The Bertz CT molecular complexity index is 529. The Morgan fingerprint density at radius 2 is 2.22 bits per heavy atom. The molecular weight excluding hydrogens is 250 g/mol. The summed E-state index contributed by atoms with van der Waals surface area (Å²) in [5.74, 6) is 0. The number of nitrogens with one attached hydrogen (secondary N) is 1. The minimum Gasteiger partial charge on any atom is -0.331 e. The Balaban J connectivity index is 2.11. The number of hydrogen-bond acceptors (Lipinski definition) is 3. The lowest BCUT2D eigenvalue weighted by Crippen LogP contribution is -2.11. The van der Waals surface area contributed by atoms with Crippen LogP contribution in [0.15, 0.2) is 12.5 Å². The van der Waals surface area contributed by atoms with Crippen LogP contribution in [0, 0.1) is 6.92 Å². The van der Waals surface area contributed by atoms with E-state index in [9.17, 15) is 0 Å². The summed E-state index contributed by atoms with van der Waals surface area (Å²) in [6, 6.07) is 0. The van der Waals surface area contributed by atoms with Crippen molar-refractivity contribution in [1.29, 1.82) is 0 Å². The SMILES string of the molecule is CCNCc1cn(Cc2c(Cl)c(C)nn2C)cn1. The summed E-state index contributed by atoms with van der Waals surface area (Å²) in [4.78, 5) is 4.34. The van der Waals surface area contributed by atoms with E-state index in [0.29, 0.717) is 6.54 Å². The van der Waals surface area contributed by atoms with Crippen molar-refractivity contribution < 1.29 is 0 Å². The molecule has 0 amide bonds. The van der Waals surface area contributed by atoms with Gasteiger partial charge in [-0.25, -0.2) is 4.98 Å². The molecule has 0 saturated heterocycles. The first-order valence-corrected chi connectivity index (χ1v) is 6.39. The minimum absolute atomic E-state index is 0.690. The molecule has 0 atom stereocenters. The molecule has 0 bridgehead atoms. The summed E-state index contributed by atoms with van der Waals surface area (Å²) in [6.45, 7) is 6.42. The van der Waals surface area contributed by atoms with Gasteiger partial charge in [-0.15, -0.1) is 0 Å². The van der Waals surface area contributed by atoms with Crippen LogP contribution in [0.1, 0.15) is 24.0 Å². The number of nitrogens with zero attached hydrogens (tertiary/aromatic N) is 4. The smallest absolute Gasteiger partial charge is 0.0953 e. The van der Waals surface area contributed by atoms with E-state index in [1.54, 1.807) is 0 Å². The Labute approximate surface area is 112 Å². The highest BCUT2D eigenvalue weighted by Crippen LogP contribution is 2.20. The maximum Gasteiger partial charge on any atom is 0.0953 e. The Morgan fingerprint density at radius 3 is 2.83 bits per heavy atom. The van der Waals surface area contributed by atoms with Gasteiger partial charge in [0.1, 0.15) is 0 Å². The molecular formula is C12H18ClN5. The van der Waals surface area contributed by atoms with Gasteiger partial charge in [0, 0.05) is 19.8 Å². The third kappa shape index (κ3) is 2.73. The maximum absolute atomic E-state index is 6.22. The Hall–Kier alpha value is -1.33. The van der Waals surface area contributed by atoms with Crippen LogP contribution in [0.2, 0.25) is 5.02 Å². The fourth-order valence-corrected chi connectivity index (χ4v) is 2.08. The lowest BCUT2D eigenvalue weighted by atomic mass is 10.3. The second-order valence-electron chi connectivity index (χ2n) is 4.29. The molecule has 2 aromatic heterocycles. The van der Waals surface area contributed by atoms with Crippen LogP contribution in [-0.2, 0) is 20.1 Å². The molecule has 0 aliphatic carbocycles. The zero-order chi connectivity index (χ0) is 13.1. The van der Waals surface area contributed by atoms with Crippen LogP contribution in [0.3, 0.4) is 0 Å². The fraction of sp³-hybridized carbons (Fsp3) is 0.500. The van der Waals surface area contributed by atoms with Gasteiger partial charge in [0.05, 0.1) is 35.0 Å². The summed E-state index contributed by atoms with van der Waals surface area (Å²) < 4.78 is 3.84. The zero-order valence-corrected chi connectivity index (χ0v) is 11.7. The van der Waals surface area contributed by atoms with Crippen molar-refractivity contribution >= 4 is 11.6 Å². The molecule has 2 heterocycles. The first kappa shape index (κ1) is 13.1. The molecule has 0 spiro atoms. The molecule has 5 nitrogen and oxygen atoms in total. The van der Waals surface area contributed by atoms with E-state index < -0.39 is 0 Å². The highest BCUT2D eigenvalue weighted by molar-refractivity contribution is 6.31.